The molecule has 0 aliphatic carbocycles. The molecule has 1 rings (SSSR count). The summed E-state index contributed by atoms with van der Waals surface area (Å²) in [6.07, 6.45) is 0. The van der Waals surface area contributed by atoms with Gasteiger partial charge in [0.2, 0.25) is 0 Å². The third kappa shape index (κ3) is 31.7. The Kier molecular flexibility index (Phi) is 9.92. The summed E-state index contributed by atoms with van der Waals surface area (Å²) in [7, 11) is 0. The van der Waals surface area contributed by atoms with Crippen molar-refractivity contribution in [2.45, 2.75) is 75.2 Å². The minimum absolute atomic E-state index is 0.500. The molecule has 0 heteroatoms. The summed E-state index contributed by atoms with van der Waals surface area (Å²) in [5, 5.41) is 0. The highest BCUT2D eigenvalue weighted by atomic mass is 14.0. The zero-order chi connectivity index (χ0) is 15.7. The van der Waals surface area contributed by atoms with Gasteiger partial charge >= 0.3 is 0 Å². The van der Waals surface area contributed by atoms with Crippen molar-refractivity contribution in [2.24, 2.45) is 10.8 Å². The molecule has 19 heavy (non-hydrogen) atoms. The van der Waals surface area contributed by atoms with Crippen molar-refractivity contribution in [2.75, 3.05) is 0 Å². The van der Waals surface area contributed by atoms with Gasteiger partial charge in [0.1, 0.15) is 0 Å². The minimum Gasteiger partial charge on any atom is -0.0622 e. The maximum absolute atomic E-state index is 2.20. The fraction of sp³-hybridized carbons (Fsp3) is 0.684. The van der Waals surface area contributed by atoms with Gasteiger partial charge in [-0.05, 0) is 22.3 Å². The van der Waals surface area contributed by atoms with Gasteiger partial charge in [0.25, 0.3) is 0 Å². The molecule has 0 unspecified atom stereocenters. The van der Waals surface area contributed by atoms with E-state index in [1.165, 1.54) is 5.56 Å². The van der Waals surface area contributed by atoms with Crippen LogP contribution in [0.25, 0.3) is 0 Å². The molecular weight excluding hydrogens is 228 g/mol. The van der Waals surface area contributed by atoms with Crippen molar-refractivity contribution in [3.63, 3.8) is 0 Å². The van der Waals surface area contributed by atoms with Gasteiger partial charge in [-0.3, -0.25) is 0 Å². The molecule has 0 aromatic heterocycles. The van der Waals surface area contributed by atoms with Crippen LogP contribution in [0.5, 0.6) is 0 Å². The standard InChI is InChI=1S/C9H12.2C5H12/c1-8(2)9-6-4-3-5-7-9;2*1-5(2,3)4/h3-8H,1-2H3;2*1-4H3. The molecule has 0 spiro atoms. The second-order valence-electron chi connectivity index (χ2n) is 8.57. The summed E-state index contributed by atoms with van der Waals surface area (Å²) in [5.74, 6) is 0.659. The monoisotopic (exact) mass is 264 g/mol. The van der Waals surface area contributed by atoms with Gasteiger partial charge in [-0.1, -0.05) is 99.6 Å². The van der Waals surface area contributed by atoms with Crippen molar-refractivity contribution >= 4 is 0 Å². The lowest BCUT2D eigenvalue weighted by Gasteiger charge is -2.05. The van der Waals surface area contributed by atoms with Gasteiger partial charge < -0.3 is 0 Å². The summed E-state index contributed by atoms with van der Waals surface area (Å²) in [4.78, 5) is 0. The predicted molar refractivity (Wildman–Crippen MR) is 90.8 cm³/mol. The smallest absolute Gasteiger partial charge is 0.0219 e. The van der Waals surface area contributed by atoms with Gasteiger partial charge in [-0.2, -0.15) is 0 Å². The first-order valence-corrected chi connectivity index (χ1v) is 7.35. The Labute approximate surface area is 122 Å². The summed E-state index contributed by atoms with van der Waals surface area (Å²) < 4.78 is 0. The molecule has 0 bridgehead atoms. The van der Waals surface area contributed by atoms with Crippen molar-refractivity contribution in [1.82, 2.24) is 0 Å². The first-order valence-electron chi connectivity index (χ1n) is 7.35. The first kappa shape index (κ1) is 20.5. The van der Waals surface area contributed by atoms with Crippen molar-refractivity contribution in [3.8, 4) is 0 Å². The van der Waals surface area contributed by atoms with Gasteiger partial charge in [0.15, 0.2) is 0 Å². The van der Waals surface area contributed by atoms with E-state index in [2.05, 4.69) is 93.5 Å². The van der Waals surface area contributed by atoms with E-state index in [-0.39, 0.29) is 0 Å². The molecule has 0 atom stereocenters. The predicted octanol–water partition coefficient (Wildman–Crippen LogP) is 6.91. The quantitative estimate of drug-likeness (QED) is 0.516. The average Bonchev–Trinajstić information content (AvgIpc) is 2.13. The lowest BCUT2D eigenvalue weighted by molar-refractivity contribution is 0.469. The average molecular weight is 264 g/mol. The molecule has 0 aliphatic rings. The van der Waals surface area contributed by atoms with Crippen LogP contribution in [-0.4, -0.2) is 0 Å². The van der Waals surface area contributed by atoms with Gasteiger partial charge in [-0.25, -0.2) is 0 Å². The second kappa shape index (κ2) is 9.18. The molecule has 0 saturated heterocycles. The summed E-state index contributed by atoms with van der Waals surface area (Å²) in [6, 6.07) is 10.5. The zero-order valence-electron chi connectivity index (χ0n) is 15.0. The Hall–Kier alpha value is -0.780. The van der Waals surface area contributed by atoms with E-state index < -0.39 is 0 Å². The van der Waals surface area contributed by atoms with Crippen LogP contribution in [0.15, 0.2) is 30.3 Å². The van der Waals surface area contributed by atoms with Gasteiger partial charge in [-0.15, -0.1) is 0 Å². The van der Waals surface area contributed by atoms with Crippen LogP contribution in [0.4, 0.5) is 0 Å². The van der Waals surface area contributed by atoms with E-state index in [9.17, 15) is 0 Å². The third-order valence-corrected chi connectivity index (χ3v) is 1.47. The molecule has 0 saturated carbocycles. The second-order valence-corrected chi connectivity index (χ2v) is 8.57. The lowest BCUT2D eigenvalue weighted by Crippen LogP contribution is -1.93. The molecule has 0 fully saturated rings. The van der Waals surface area contributed by atoms with Crippen LogP contribution in [0, 0.1) is 10.8 Å². The van der Waals surface area contributed by atoms with E-state index in [1.54, 1.807) is 0 Å². The maximum Gasteiger partial charge on any atom is -0.0219 e. The molecule has 1 aromatic rings. The Bertz CT molecular complexity index is 269. The first-order chi connectivity index (χ1) is 8.30. The van der Waals surface area contributed by atoms with Crippen LogP contribution in [-0.2, 0) is 0 Å². The van der Waals surface area contributed by atoms with Crippen LogP contribution in [0.3, 0.4) is 0 Å². The van der Waals surface area contributed by atoms with E-state index in [1.807, 2.05) is 6.07 Å². The Balaban J connectivity index is 0. The van der Waals surface area contributed by atoms with Crippen molar-refractivity contribution in [3.05, 3.63) is 35.9 Å². The van der Waals surface area contributed by atoms with Crippen molar-refractivity contribution < 1.29 is 0 Å². The topological polar surface area (TPSA) is 0 Å². The van der Waals surface area contributed by atoms with Crippen molar-refractivity contribution in [1.29, 1.82) is 0 Å². The molecule has 112 valence electrons. The SMILES string of the molecule is CC(C)(C)C.CC(C)(C)C.CC(C)c1ccccc1. The molecular formula is C19H36. The van der Waals surface area contributed by atoms with Crippen LogP contribution in [0.2, 0.25) is 0 Å². The zero-order valence-corrected chi connectivity index (χ0v) is 15.0. The highest BCUT2D eigenvalue weighted by molar-refractivity contribution is 5.17. The van der Waals surface area contributed by atoms with Crippen LogP contribution in [0.1, 0.15) is 80.7 Å². The largest absolute Gasteiger partial charge is 0.0622 e. The normalized spacial score (nSPS) is 11.1. The van der Waals surface area contributed by atoms with E-state index >= 15 is 0 Å². The highest BCUT2D eigenvalue weighted by Gasteiger charge is 1.96. The van der Waals surface area contributed by atoms with Crippen LogP contribution < -0.4 is 0 Å². The lowest BCUT2D eigenvalue weighted by atomic mass is 10.0. The Morgan fingerprint density at radius 1 is 0.632 bits per heavy atom. The molecule has 0 aliphatic heterocycles. The van der Waals surface area contributed by atoms with E-state index in [0.29, 0.717) is 16.7 Å². The molecule has 0 radical (unpaired) electrons. The minimum atomic E-state index is 0.500. The Morgan fingerprint density at radius 3 is 1.05 bits per heavy atom. The summed E-state index contributed by atoms with van der Waals surface area (Å²) in [5.41, 5.74) is 2.41. The van der Waals surface area contributed by atoms with Gasteiger partial charge in [0.05, 0.1) is 0 Å². The summed E-state index contributed by atoms with van der Waals surface area (Å²) in [6.45, 7) is 21.9. The number of hydrogen-bond acceptors (Lipinski definition) is 0. The Morgan fingerprint density at radius 2 is 0.895 bits per heavy atom. The van der Waals surface area contributed by atoms with E-state index in [0.717, 1.165) is 0 Å². The fourth-order valence-corrected chi connectivity index (χ4v) is 0.838. The van der Waals surface area contributed by atoms with E-state index in [4.69, 9.17) is 0 Å². The number of benzene rings is 1. The summed E-state index contributed by atoms with van der Waals surface area (Å²) >= 11 is 0. The number of rotatable bonds is 1. The van der Waals surface area contributed by atoms with Crippen LogP contribution >= 0.6 is 0 Å². The third-order valence-electron chi connectivity index (χ3n) is 1.47. The maximum atomic E-state index is 2.20. The van der Waals surface area contributed by atoms with Gasteiger partial charge in [0, 0.05) is 0 Å². The molecule has 0 N–H and O–H groups in total. The number of hydrogen-bond donors (Lipinski definition) is 0. The fourth-order valence-electron chi connectivity index (χ4n) is 0.838. The molecule has 0 nitrogen and oxygen atoms in total. The molecule has 0 amide bonds. The molecule has 0 heterocycles. The molecule has 1 aromatic carbocycles. The highest BCUT2D eigenvalue weighted by Crippen LogP contribution is 2.11.